The Morgan fingerprint density at radius 1 is 0.824 bits per heavy atom. The number of hydrogen-bond acceptors (Lipinski definition) is 2. The molecule has 1 atom stereocenters. The van der Waals surface area contributed by atoms with Gasteiger partial charge in [-0.2, -0.15) is 0 Å². The first-order valence-electron chi connectivity index (χ1n) is 12.0. The van der Waals surface area contributed by atoms with E-state index >= 15 is 0 Å². The number of carbonyl (C=O) groups is 2. The molecule has 0 saturated carbocycles. The molecule has 4 heteroatoms. The standard InChI is InChI=1S/C30H36N2O2/c1-23-12-11-17-26(20-23)22-32(28(33)19-18-24-13-7-5-8-14-24)27(29(34)31-30(2,3)4)21-25-15-9-6-10-16-25/h5-17,20,27H,18-19,21-22H2,1-4H3,(H,31,34). The van der Waals surface area contributed by atoms with Crippen molar-refractivity contribution in [3.8, 4) is 0 Å². The van der Waals surface area contributed by atoms with Crippen molar-refractivity contribution in [3.63, 3.8) is 0 Å². The lowest BCUT2D eigenvalue weighted by Crippen LogP contribution is -2.54. The van der Waals surface area contributed by atoms with Crippen molar-refractivity contribution >= 4 is 11.8 Å². The number of nitrogens with one attached hydrogen (secondary N) is 1. The Bertz CT molecular complexity index is 1070. The number of benzene rings is 3. The van der Waals surface area contributed by atoms with Gasteiger partial charge in [0.1, 0.15) is 6.04 Å². The first kappa shape index (κ1) is 25.2. The summed E-state index contributed by atoms with van der Waals surface area (Å²) in [5.74, 6) is -0.146. The minimum Gasteiger partial charge on any atom is -0.350 e. The largest absolute Gasteiger partial charge is 0.350 e. The molecule has 4 nitrogen and oxygen atoms in total. The predicted molar refractivity (Wildman–Crippen MR) is 138 cm³/mol. The van der Waals surface area contributed by atoms with Crippen LogP contribution in [-0.4, -0.2) is 28.3 Å². The van der Waals surface area contributed by atoms with Gasteiger partial charge in [-0.3, -0.25) is 9.59 Å². The molecule has 0 aliphatic carbocycles. The van der Waals surface area contributed by atoms with Crippen LogP contribution in [0.5, 0.6) is 0 Å². The molecule has 0 aliphatic rings. The summed E-state index contributed by atoms with van der Waals surface area (Å²) in [5.41, 5.74) is 3.91. The van der Waals surface area contributed by atoms with Crippen LogP contribution in [0.15, 0.2) is 84.9 Å². The van der Waals surface area contributed by atoms with Crippen molar-refractivity contribution < 1.29 is 9.59 Å². The number of hydrogen-bond donors (Lipinski definition) is 1. The molecule has 0 radical (unpaired) electrons. The second-order valence-electron chi connectivity index (χ2n) is 9.94. The summed E-state index contributed by atoms with van der Waals surface area (Å²) >= 11 is 0. The van der Waals surface area contributed by atoms with Crippen LogP contribution in [0.2, 0.25) is 0 Å². The molecule has 0 spiro atoms. The average Bonchev–Trinajstić information content (AvgIpc) is 2.80. The van der Waals surface area contributed by atoms with Gasteiger partial charge in [0, 0.05) is 24.9 Å². The first-order valence-corrected chi connectivity index (χ1v) is 12.0. The molecular formula is C30H36N2O2. The molecule has 0 aromatic heterocycles. The molecule has 1 N–H and O–H groups in total. The molecule has 0 fully saturated rings. The summed E-state index contributed by atoms with van der Waals surface area (Å²) in [5, 5.41) is 3.11. The van der Waals surface area contributed by atoms with Crippen molar-refractivity contribution in [1.82, 2.24) is 10.2 Å². The van der Waals surface area contributed by atoms with Crippen LogP contribution in [0.25, 0.3) is 0 Å². The lowest BCUT2D eigenvalue weighted by atomic mass is 9.99. The quantitative estimate of drug-likeness (QED) is 0.463. The Hall–Kier alpha value is -3.40. The molecule has 0 bridgehead atoms. The Balaban J connectivity index is 1.92. The fraction of sp³-hybridized carbons (Fsp3) is 0.333. The van der Waals surface area contributed by atoms with Crippen molar-refractivity contribution in [3.05, 3.63) is 107 Å². The fourth-order valence-corrected chi connectivity index (χ4v) is 4.05. The Kier molecular flexibility index (Phi) is 8.64. The van der Waals surface area contributed by atoms with E-state index in [1.165, 1.54) is 0 Å². The highest BCUT2D eigenvalue weighted by molar-refractivity contribution is 5.88. The second kappa shape index (κ2) is 11.6. The zero-order valence-corrected chi connectivity index (χ0v) is 20.8. The summed E-state index contributed by atoms with van der Waals surface area (Å²) in [7, 11) is 0. The molecule has 3 aromatic rings. The Morgan fingerprint density at radius 2 is 1.41 bits per heavy atom. The summed E-state index contributed by atoms with van der Waals surface area (Å²) in [6.45, 7) is 8.33. The van der Waals surface area contributed by atoms with Gasteiger partial charge in [0.05, 0.1) is 0 Å². The smallest absolute Gasteiger partial charge is 0.243 e. The van der Waals surface area contributed by atoms with Gasteiger partial charge >= 0.3 is 0 Å². The van der Waals surface area contributed by atoms with E-state index in [-0.39, 0.29) is 11.8 Å². The maximum absolute atomic E-state index is 13.7. The van der Waals surface area contributed by atoms with Crippen LogP contribution in [0, 0.1) is 6.92 Å². The highest BCUT2D eigenvalue weighted by Crippen LogP contribution is 2.18. The third kappa shape index (κ3) is 7.87. The third-order valence-electron chi connectivity index (χ3n) is 5.68. The van der Waals surface area contributed by atoms with Crippen LogP contribution >= 0.6 is 0 Å². The first-order chi connectivity index (χ1) is 16.2. The summed E-state index contributed by atoms with van der Waals surface area (Å²) in [4.78, 5) is 29.0. The van der Waals surface area contributed by atoms with Crippen molar-refractivity contribution in [2.75, 3.05) is 0 Å². The van der Waals surface area contributed by atoms with E-state index in [2.05, 4.69) is 11.4 Å². The monoisotopic (exact) mass is 456 g/mol. The molecule has 1 unspecified atom stereocenters. The molecular weight excluding hydrogens is 420 g/mol. The fourth-order valence-electron chi connectivity index (χ4n) is 4.05. The van der Waals surface area contributed by atoms with Crippen LogP contribution in [0.4, 0.5) is 0 Å². The molecule has 34 heavy (non-hydrogen) atoms. The van der Waals surface area contributed by atoms with Gasteiger partial charge in [-0.25, -0.2) is 0 Å². The number of aryl methyl sites for hydroxylation is 2. The average molecular weight is 457 g/mol. The lowest BCUT2D eigenvalue weighted by molar-refractivity contribution is -0.141. The van der Waals surface area contributed by atoms with Crippen molar-refractivity contribution in [2.45, 2.75) is 65.1 Å². The van der Waals surface area contributed by atoms with Gasteiger partial charge in [-0.15, -0.1) is 0 Å². The van der Waals surface area contributed by atoms with Crippen molar-refractivity contribution in [1.29, 1.82) is 0 Å². The van der Waals surface area contributed by atoms with Crippen LogP contribution < -0.4 is 5.32 Å². The Labute approximate surface area is 204 Å². The van der Waals surface area contributed by atoms with E-state index in [0.29, 0.717) is 25.8 Å². The lowest BCUT2D eigenvalue weighted by Gasteiger charge is -2.34. The van der Waals surface area contributed by atoms with Gasteiger partial charge in [0.15, 0.2) is 0 Å². The SMILES string of the molecule is Cc1cccc(CN(C(=O)CCc2ccccc2)C(Cc2ccccc2)C(=O)NC(C)(C)C)c1. The van der Waals surface area contributed by atoms with Crippen molar-refractivity contribution in [2.24, 2.45) is 0 Å². The van der Waals surface area contributed by atoms with E-state index in [1.807, 2.05) is 107 Å². The number of nitrogens with zero attached hydrogens (tertiary/aromatic N) is 1. The molecule has 3 aromatic carbocycles. The molecule has 178 valence electrons. The highest BCUT2D eigenvalue weighted by Gasteiger charge is 2.32. The second-order valence-corrected chi connectivity index (χ2v) is 9.94. The van der Waals surface area contributed by atoms with E-state index in [4.69, 9.17) is 0 Å². The van der Waals surface area contributed by atoms with Crippen LogP contribution in [-0.2, 0) is 29.0 Å². The van der Waals surface area contributed by atoms with E-state index < -0.39 is 11.6 Å². The normalized spacial score (nSPS) is 12.1. The van der Waals surface area contributed by atoms with Gasteiger partial charge < -0.3 is 10.2 Å². The van der Waals surface area contributed by atoms with Gasteiger partial charge in [0.25, 0.3) is 0 Å². The van der Waals surface area contributed by atoms with E-state index in [9.17, 15) is 9.59 Å². The van der Waals surface area contributed by atoms with Crippen LogP contribution in [0.1, 0.15) is 49.4 Å². The van der Waals surface area contributed by atoms with E-state index in [1.54, 1.807) is 4.90 Å². The highest BCUT2D eigenvalue weighted by atomic mass is 16.2. The zero-order chi connectivity index (χ0) is 24.6. The predicted octanol–water partition coefficient (Wildman–Crippen LogP) is 5.48. The van der Waals surface area contributed by atoms with E-state index in [0.717, 1.165) is 22.3 Å². The third-order valence-corrected chi connectivity index (χ3v) is 5.68. The maximum Gasteiger partial charge on any atom is 0.243 e. The summed E-state index contributed by atoms with van der Waals surface area (Å²) in [6.07, 6.45) is 1.46. The minimum absolute atomic E-state index is 0.0182. The minimum atomic E-state index is -0.606. The number of carbonyl (C=O) groups excluding carboxylic acids is 2. The maximum atomic E-state index is 13.7. The van der Waals surface area contributed by atoms with Gasteiger partial charge in [0.2, 0.25) is 11.8 Å². The van der Waals surface area contributed by atoms with Crippen LogP contribution in [0.3, 0.4) is 0 Å². The van der Waals surface area contributed by atoms with Gasteiger partial charge in [-0.1, -0.05) is 90.5 Å². The molecule has 0 saturated heterocycles. The topological polar surface area (TPSA) is 49.4 Å². The molecule has 3 rings (SSSR count). The number of amides is 2. The molecule has 0 heterocycles. The molecule has 0 aliphatic heterocycles. The number of rotatable bonds is 9. The summed E-state index contributed by atoms with van der Waals surface area (Å²) in [6, 6.07) is 27.5. The Morgan fingerprint density at radius 3 is 2.00 bits per heavy atom. The summed E-state index contributed by atoms with van der Waals surface area (Å²) < 4.78 is 0. The van der Waals surface area contributed by atoms with Gasteiger partial charge in [-0.05, 0) is 50.8 Å². The molecule has 2 amide bonds. The zero-order valence-electron chi connectivity index (χ0n) is 20.8.